The molecule has 1 heterocycles. The van der Waals surface area contributed by atoms with Gasteiger partial charge in [-0.15, -0.1) is 11.3 Å². The van der Waals surface area contributed by atoms with Gasteiger partial charge in [0.15, 0.2) is 0 Å². The highest BCUT2D eigenvalue weighted by molar-refractivity contribution is 7.11. The number of hydrogen-bond donors (Lipinski definition) is 2. The van der Waals surface area contributed by atoms with E-state index >= 15 is 0 Å². The summed E-state index contributed by atoms with van der Waals surface area (Å²) < 4.78 is 0. The minimum atomic E-state index is -0.864. The quantitative estimate of drug-likeness (QED) is 0.896. The average molecular weight is 310 g/mol. The molecule has 1 aliphatic carbocycles. The van der Waals surface area contributed by atoms with Gasteiger partial charge in [-0.05, 0) is 39.5 Å². The first-order valence-electron chi connectivity index (χ1n) is 7.26. The van der Waals surface area contributed by atoms with Crippen molar-refractivity contribution in [3.05, 3.63) is 15.6 Å². The molecule has 0 aromatic carbocycles. The summed E-state index contributed by atoms with van der Waals surface area (Å²) in [6, 6.07) is -0.131. The molecule has 116 valence electrons. The number of carboxylic acid groups (broad SMARTS) is 1. The Morgan fingerprint density at radius 2 is 1.95 bits per heavy atom. The van der Waals surface area contributed by atoms with Crippen molar-refractivity contribution < 1.29 is 14.7 Å². The number of aliphatic carboxylic acids is 1. The Kier molecular flexibility index (Phi) is 4.66. The number of rotatable bonds is 4. The summed E-state index contributed by atoms with van der Waals surface area (Å²) in [5, 5.41) is 13.2. The van der Waals surface area contributed by atoms with Gasteiger partial charge in [-0.2, -0.15) is 0 Å². The van der Waals surface area contributed by atoms with Gasteiger partial charge in [0.25, 0.3) is 0 Å². The van der Waals surface area contributed by atoms with Gasteiger partial charge < -0.3 is 10.4 Å². The minimum absolute atomic E-state index is 0.131. The third kappa shape index (κ3) is 3.43. The van der Waals surface area contributed by atoms with Crippen LogP contribution < -0.4 is 5.32 Å². The fourth-order valence-electron chi connectivity index (χ4n) is 3.19. The molecule has 5 nitrogen and oxygen atoms in total. The lowest BCUT2D eigenvalue weighted by molar-refractivity contribution is -0.146. The summed E-state index contributed by atoms with van der Waals surface area (Å²) in [6.07, 6.45) is 1.23. The maximum Gasteiger partial charge on any atom is 0.307 e. The van der Waals surface area contributed by atoms with Crippen molar-refractivity contribution in [2.24, 2.45) is 17.8 Å². The zero-order valence-electron chi connectivity index (χ0n) is 12.8. The van der Waals surface area contributed by atoms with E-state index in [9.17, 15) is 14.7 Å². The highest BCUT2D eigenvalue weighted by Crippen LogP contribution is 2.37. The zero-order valence-corrected chi connectivity index (χ0v) is 13.7. The predicted molar refractivity (Wildman–Crippen MR) is 81.2 cm³/mol. The third-order valence-electron chi connectivity index (χ3n) is 4.14. The molecule has 0 bridgehead atoms. The minimum Gasteiger partial charge on any atom is -0.481 e. The predicted octanol–water partition coefficient (Wildman–Crippen LogP) is 2.68. The van der Waals surface area contributed by atoms with Crippen LogP contribution in [-0.2, 0) is 9.59 Å². The molecule has 1 aromatic rings. The number of aryl methyl sites for hydroxylation is 2. The lowest BCUT2D eigenvalue weighted by Gasteiger charge is -2.19. The Labute approximate surface area is 128 Å². The number of amides is 1. The number of nitrogens with zero attached hydrogens (tertiary/aromatic N) is 1. The van der Waals surface area contributed by atoms with E-state index in [1.54, 1.807) is 11.3 Å². The number of aromatic nitrogens is 1. The lowest BCUT2D eigenvalue weighted by atomic mass is 9.95. The number of nitrogens with one attached hydrogen (secondary N) is 1. The first-order valence-corrected chi connectivity index (χ1v) is 8.08. The molecule has 0 saturated heterocycles. The first kappa shape index (κ1) is 15.9. The van der Waals surface area contributed by atoms with Gasteiger partial charge in [-0.1, -0.05) is 6.92 Å². The molecule has 0 aliphatic heterocycles. The molecule has 2 rings (SSSR count). The summed E-state index contributed by atoms with van der Waals surface area (Å²) in [4.78, 5) is 29.1. The molecule has 1 aromatic heterocycles. The van der Waals surface area contributed by atoms with Crippen LogP contribution in [0.15, 0.2) is 0 Å². The number of carbonyl (C=O) groups excluding carboxylic acids is 1. The highest BCUT2D eigenvalue weighted by Gasteiger charge is 2.41. The van der Waals surface area contributed by atoms with Crippen LogP contribution in [0.2, 0.25) is 0 Å². The molecule has 1 aliphatic rings. The molecule has 4 unspecified atom stereocenters. The van der Waals surface area contributed by atoms with Crippen LogP contribution in [0, 0.1) is 31.6 Å². The Morgan fingerprint density at radius 1 is 1.33 bits per heavy atom. The SMILES string of the molecule is Cc1nc(C)c(C(C)NC(=O)C2CC(C)CC2C(=O)O)s1. The van der Waals surface area contributed by atoms with Gasteiger partial charge in [0.2, 0.25) is 5.91 Å². The molecule has 1 fully saturated rings. The molecule has 6 heteroatoms. The standard InChI is InChI=1S/C15H22N2O3S/c1-7-5-11(12(6-7)15(19)20)14(18)17-9(3)13-8(2)16-10(4)21-13/h7,9,11-12H,5-6H2,1-4H3,(H,17,18)(H,19,20). The van der Waals surface area contributed by atoms with Crippen molar-refractivity contribution >= 4 is 23.2 Å². The van der Waals surface area contributed by atoms with Gasteiger partial charge in [-0.25, -0.2) is 4.98 Å². The van der Waals surface area contributed by atoms with Crippen molar-refractivity contribution in [2.45, 2.75) is 46.6 Å². The topological polar surface area (TPSA) is 79.3 Å². The van der Waals surface area contributed by atoms with Gasteiger partial charge in [0.1, 0.15) is 0 Å². The number of carboxylic acids is 1. The number of carbonyl (C=O) groups is 2. The van der Waals surface area contributed by atoms with E-state index in [0.717, 1.165) is 15.6 Å². The fourth-order valence-corrected chi connectivity index (χ4v) is 4.12. The molecule has 1 saturated carbocycles. The van der Waals surface area contributed by atoms with Gasteiger partial charge in [-0.3, -0.25) is 9.59 Å². The number of hydrogen-bond acceptors (Lipinski definition) is 4. The monoisotopic (exact) mass is 310 g/mol. The van der Waals surface area contributed by atoms with E-state index < -0.39 is 17.8 Å². The molecule has 0 spiro atoms. The van der Waals surface area contributed by atoms with E-state index in [0.29, 0.717) is 12.8 Å². The van der Waals surface area contributed by atoms with E-state index in [1.165, 1.54) is 0 Å². The van der Waals surface area contributed by atoms with Crippen LogP contribution in [0.1, 0.15) is 48.3 Å². The van der Waals surface area contributed by atoms with E-state index in [4.69, 9.17) is 0 Å². The highest BCUT2D eigenvalue weighted by atomic mass is 32.1. The summed E-state index contributed by atoms with van der Waals surface area (Å²) in [6.45, 7) is 7.79. The van der Waals surface area contributed by atoms with E-state index in [1.807, 2.05) is 27.7 Å². The largest absolute Gasteiger partial charge is 0.481 e. The molecule has 2 N–H and O–H groups in total. The van der Waals surface area contributed by atoms with Gasteiger partial charge in [0.05, 0.1) is 28.6 Å². The molecule has 1 amide bonds. The Balaban J connectivity index is 2.07. The smallest absolute Gasteiger partial charge is 0.307 e. The van der Waals surface area contributed by atoms with Crippen molar-refractivity contribution in [3.8, 4) is 0 Å². The van der Waals surface area contributed by atoms with Crippen LogP contribution in [0.5, 0.6) is 0 Å². The van der Waals surface area contributed by atoms with Crippen molar-refractivity contribution in [1.29, 1.82) is 0 Å². The van der Waals surface area contributed by atoms with Crippen LogP contribution in [0.4, 0.5) is 0 Å². The molecular formula is C15H22N2O3S. The summed E-state index contributed by atoms with van der Waals surface area (Å²) in [5.41, 5.74) is 0.930. The van der Waals surface area contributed by atoms with Crippen molar-refractivity contribution in [1.82, 2.24) is 10.3 Å². The molecule has 4 atom stereocenters. The van der Waals surface area contributed by atoms with E-state index in [-0.39, 0.29) is 17.9 Å². The average Bonchev–Trinajstić information content (AvgIpc) is 2.92. The Hall–Kier alpha value is -1.43. The number of thiazole rings is 1. The molecule has 21 heavy (non-hydrogen) atoms. The molecular weight excluding hydrogens is 288 g/mol. The van der Waals surface area contributed by atoms with Crippen LogP contribution in [0.3, 0.4) is 0 Å². The Bertz CT molecular complexity index is 555. The van der Waals surface area contributed by atoms with Crippen LogP contribution in [0.25, 0.3) is 0 Å². The van der Waals surface area contributed by atoms with Crippen LogP contribution in [-0.4, -0.2) is 22.0 Å². The van der Waals surface area contributed by atoms with Crippen molar-refractivity contribution in [3.63, 3.8) is 0 Å². The summed E-state index contributed by atoms with van der Waals surface area (Å²) in [5.74, 6) is -1.71. The van der Waals surface area contributed by atoms with Crippen molar-refractivity contribution in [2.75, 3.05) is 0 Å². The van der Waals surface area contributed by atoms with E-state index in [2.05, 4.69) is 10.3 Å². The second-order valence-corrected chi connectivity index (χ2v) is 7.28. The summed E-state index contributed by atoms with van der Waals surface area (Å²) in [7, 11) is 0. The Morgan fingerprint density at radius 3 is 2.48 bits per heavy atom. The lowest BCUT2D eigenvalue weighted by Crippen LogP contribution is -2.36. The fraction of sp³-hybridized carbons (Fsp3) is 0.667. The van der Waals surface area contributed by atoms with Gasteiger partial charge in [0, 0.05) is 4.88 Å². The maximum absolute atomic E-state index is 12.4. The molecule has 0 radical (unpaired) electrons. The second kappa shape index (κ2) is 6.13. The maximum atomic E-state index is 12.4. The van der Waals surface area contributed by atoms with Gasteiger partial charge >= 0.3 is 5.97 Å². The third-order valence-corrected chi connectivity index (χ3v) is 5.40. The summed E-state index contributed by atoms with van der Waals surface area (Å²) >= 11 is 1.57. The second-order valence-electron chi connectivity index (χ2n) is 6.04. The van der Waals surface area contributed by atoms with Crippen LogP contribution >= 0.6 is 11.3 Å². The zero-order chi connectivity index (χ0) is 15.7. The first-order chi connectivity index (χ1) is 9.79. The normalized spacial score (nSPS) is 26.6.